The Bertz CT molecular complexity index is 489. The van der Waals surface area contributed by atoms with Crippen molar-refractivity contribution in [2.24, 2.45) is 5.41 Å². The van der Waals surface area contributed by atoms with Crippen LogP contribution in [0.1, 0.15) is 24.4 Å². The van der Waals surface area contributed by atoms with Gasteiger partial charge in [-0.3, -0.25) is 4.79 Å². The van der Waals surface area contributed by atoms with Gasteiger partial charge in [0.25, 0.3) is 10.0 Å². The van der Waals surface area contributed by atoms with Gasteiger partial charge in [0.05, 0.1) is 0 Å². The molecule has 1 aromatic rings. The van der Waals surface area contributed by atoms with Crippen LogP contribution in [-0.4, -0.2) is 33.0 Å². The van der Waals surface area contributed by atoms with Crippen molar-refractivity contribution in [3.05, 3.63) is 17.9 Å². The maximum absolute atomic E-state index is 11.7. The Kier molecular flexibility index (Phi) is 4.07. The Morgan fingerprint density at radius 3 is 2.59 bits per heavy atom. The second-order valence-corrected chi connectivity index (χ2v) is 6.12. The molecule has 0 atom stereocenters. The Labute approximate surface area is 99.7 Å². The largest absolute Gasteiger partial charge is 0.440 e. The smallest absolute Gasteiger partial charge is 0.273 e. The third-order valence-electron chi connectivity index (χ3n) is 2.15. The molecule has 0 aromatic carbocycles. The topological polar surface area (TPSA) is 96.6 Å². The van der Waals surface area contributed by atoms with Crippen molar-refractivity contribution < 1.29 is 22.7 Å². The molecule has 0 saturated carbocycles. The summed E-state index contributed by atoms with van der Waals surface area (Å²) in [5.74, 6) is -0.0493. The van der Waals surface area contributed by atoms with Crippen LogP contribution in [0.3, 0.4) is 0 Å². The molecule has 6 nitrogen and oxygen atoms in total. The number of sulfonamides is 1. The van der Waals surface area contributed by atoms with E-state index >= 15 is 0 Å². The number of rotatable bonds is 6. The van der Waals surface area contributed by atoms with E-state index in [1.807, 2.05) is 0 Å². The lowest BCUT2D eigenvalue weighted by molar-refractivity contribution is 0.109. The molecule has 0 aliphatic carbocycles. The van der Waals surface area contributed by atoms with E-state index in [2.05, 4.69) is 4.72 Å². The van der Waals surface area contributed by atoms with Crippen LogP contribution in [0.25, 0.3) is 0 Å². The summed E-state index contributed by atoms with van der Waals surface area (Å²) in [7, 11) is -3.78. The number of carbonyl (C=O) groups excluding carboxylic acids is 1. The number of hydrogen-bond donors (Lipinski definition) is 2. The van der Waals surface area contributed by atoms with Crippen molar-refractivity contribution in [1.29, 1.82) is 0 Å². The predicted molar refractivity (Wildman–Crippen MR) is 60.2 cm³/mol. The minimum atomic E-state index is -3.78. The Hall–Kier alpha value is -1.18. The van der Waals surface area contributed by atoms with Crippen molar-refractivity contribution >= 4 is 16.3 Å². The maximum atomic E-state index is 11.7. The van der Waals surface area contributed by atoms with Gasteiger partial charge in [0.15, 0.2) is 12.0 Å². The normalized spacial score (nSPS) is 12.6. The van der Waals surface area contributed by atoms with Gasteiger partial charge >= 0.3 is 0 Å². The molecule has 96 valence electrons. The summed E-state index contributed by atoms with van der Waals surface area (Å²) < 4.78 is 30.6. The lowest BCUT2D eigenvalue weighted by atomic mass is 9.96. The van der Waals surface area contributed by atoms with Gasteiger partial charge in [0, 0.05) is 18.6 Å². The van der Waals surface area contributed by atoms with Crippen LogP contribution in [0.5, 0.6) is 0 Å². The number of nitrogens with one attached hydrogen (secondary N) is 1. The second-order valence-electron chi connectivity index (χ2n) is 4.42. The fourth-order valence-corrected chi connectivity index (χ4v) is 2.14. The summed E-state index contributed by atoms with van der Waals surface area (Å²) in [5.41, 5.74) is -0.562. The zero-order valence-corrected chi connectivity index (χ0v) is 10.5. The van der Waals surface area contributed by atoms with Gasteiger partial charge in [-0.05, 0) is 12.1 Å². The van der Waals surface area contributed by atoms with E-state index in [0.29, 0.717) is 6.29 Å². The van der Waals surface area contributed by atoms with Gasteiger partial charge in [-0.1, -0.05) is 13.8 Å². The summed E-state index contributed by atoms with van der Waals surface area (Å²) in [6.45, 7) is 3.36. The number of furan rings is 1. The van der Waals surface area contributed by atoms with E-state index in [1.165, 1.54) is 12.1 Å². The molecule has 17 heavy (non-hydrogen) atoms. The number of aliphatic hydroxyl groups excluding tert-OH is 1. The van der Waals surface area contributed by atoms with Crippen LogP contribution < -0.4 is 4.72 Å². The Morgan fingerprint density at radius 2 is 2.12 bits per heavy atom. The second kappa shape index (κ2) is 4.99. The molecule has 0 aliphatic rings. The summed E-state index contributed by atoms with van der Waals surface area (Å²) in [6.07, 6.45) is 0.427. The lowest BCUT2D eigenvalue weighted by Crippen LogP contribution is -2.35. The molecule has 0 amide bonds. The van der Waals surface area contributed by atoms with Crippen molar-refractivity contribution in [2.75, 3.05) is 13.2 Å². The molecule has 0 radical (unpaired) electrons. The van der Waals surface area contributed by atoms with Crippen molar-refractivity contribution in [1.82, 2.24) is 4.72 Å². The van der Waals surface area contributed by atoms with Crippen LogP contribution in [0.15, 0.2) is 21.6 Å². The first-order valence-electron chi connectivity index (χ1n) is 4.96. The summed E-state index contributed by atoms with van der Waals surface area (Å²) in [4.78, 5) is 10.4. The molecule has 0 bridgehead atoms. The highest BCUT2D eigenvalue weighted by atomic mass is 32.2. The number of aliphatic hydroxyl groups is 1. The van der Waals surface area contributed by atoms with Crippen LogP contribution in [0.4, 0.5) is 0 Å². The first kappa shape index (κ1) is 13.9. The summed E-state index contributed by atoms with van der Waals surface area (Å²) >= 11 is 0. The minimum Gasteiger partial charge on any atom is -0.440 e. The lowest BCUT2D eigenvalue weighted by Gasteiger charge is -2.21. The van der Waals surface area contributed by atoms with Gasteiger partial charge in [-0.25, -0.2) is 13.1 Å². The van der Waals surface area contributed by atoms with Crippen LogP contribution >= 0.6 is 0 Å². The molecule has 0 saturated heterocycles. The molecule has 7 heteroatoms. The highest BCUT2D eigenvalue weighted by Gasteiger charge is 2.23. The van der Waals surface area contributed by atoms with Gasteiger partial charge in [-0.2, -0.15) is 0 Å². The molecular weight excluding hydrogens is 246 g/mol. The summed E-state index contributed by atoms with van der Waals surface area (Å²) in [6, 6.07) is 2.48. The monoisotopic (exact) mass is 261 g/mol. The van der Waals surface area contributed by atoms with E-state index in [4.69, 9.17) is 9.52 Å². The van der Waals surface area contributed by atoms with Crippen LogP contribution in [0.2, 0.25) is 0 Å². The van der Waals surface area contributed by atoms with Gasteiger partial charge in [0.2, 0.25) is 5.09 Å². The zero-order valence-electron chi connectivity index (χ0n) is 9.63. The first-order valence-corrected chi connectivity index (χ1v) is 6.44. The average molecular weight is 261 g/mol. The van der Waals surface area contributed by atoms with E-state index in [1.54, 1.807) is 13.8 Å². The molecular formula is C10H15NO5S. The molecule has 0 fully saturated rings. The van der Waals surface area contributed by atoms with Crippen molar-refractivity contribution in [2.45, 2.75) is 18.9 Å². The molecule has 0 spiro atoms. The number of carbonyl (C=O) groups is 1. The van der Waals surface area contributed by atoms with Gasteiger partial charge in [-0.15, -0.1) is 0 Å². The average Bonchev–Trinajstić information content (AvgIpc) is 2.76. The Morgan fingerprint density at radius 1 is 1.47 bits per heavy atom. The first-order chi connectivity index (χ1) is 7.80. The molecule has 0 unspecified atom stereocenters. The van der Waals surface area contributed by atoms with Crippen molar-refractivity contribution in [3.8, 4) is 0 Å². The molecule has 0 aliphatic heterocycles. The molecule has 1 aromatic heterocycles. The Balaban J connectivity index is 2.79. The van der Waals surface area contributed by atoms with E-state index in [0.717, 1.165) is 0 Å². The third kappa shape index (κ3) is 3.65. The fraction of sp³-hybridized carbons (Fsp3) is 0.500. The van der Waals surface area contributed by atoms with E-state index in [-0.39, 0.29) is 24.0 Å². The van der Waals surface area contributed by atoms with Crippen LogP contribution in [0, 0.1) is 5.41 Å². The third-order valence-corrected chi connectivity index (χ3v) is 3.43. The highest BCUT2D eigenvalue weighted by Crippen LogP contribution is 2.16. The van der Waals surface area contributed by atoms with E-state index < -0.39 is 15.4 Å². The van der Waals surface area contributed by atoms with E-state index in [9.17, 15) is 13.2 Å². The van der Waals surface area contributed by atoms with Crippen LogP contribution in [-0.2, 0) is 10.0 Å². The predicted octanol–water partition coefficient (Wildman–Crippen LogP) is 0.389. The molecule has 1 rings (SSSR count). The quantitative estimate of drug-likeness (QED) is 0.722. The maximum Gasteiger partial charge on any atom is 0.273 e. The SMILES string of the molecule is CC(C)(CO)CNS(=O)(=O)c1ccc(C=O)o1. The standard InChI is InChI=1S/C10H15NO5S/c1-10(2,7-13)6-11-17(14,15)9-4-3-8(5-12)16-9/h3-5,11,13H,6-7H2,1-2H3. The number of aldehydes is 1. The highest BCUT2D eigenvalue weighted by molar-refractivity contribution is 7.89. The molecule has 2 N–H and O–H groups in total. The number of hydrogen-bond acceptors (Lipinski definition) is 5. The van der Waals surface area contributed by atoms with Gasteiger partial charge < -0.3 is 9.52 Å². The minimum absolute atomic E-state index is 0.0493. The molecule has 1 heterocycles. The summed E-state index contributed by atoms with van der Waals surface area (Å²) in [5, 5.41) is 8.69. The van der Waals surface area contributed by atoms with Crippen molar-refractivity contribution in [3.63, 3.8) is 0 Å². The fourth-order valence-electron chi connectivity index (χ4n) is 0.960. The zero-order chi connectivity index (χ0) is 13.1. The van der Waals surface area contributed by atoms with Gasteiger partial charge in [0.1, 0.15) is 0 Å².